The predicted molar refractivity (Wildman–Crippen MR) is 42.8 cm³/mol. The van der Waals surface area contributed by atoms with E-state index in [0.29, 0.717) is 13.2 Å². The normalized spacial score (nSPS) is 27.0. The maximum atomic E-state index is 5.29. The zero-order valence-electron chi connectivity index (χ0n) is 8.23. The van der Waals surface area contributed by atoms with Crippen LogP contribution in [0.3, 0.4) is 0 Å². The molecule has 0 bridgehead atoms. The number of rotatable bonds is 5. The van der Waals surface area contributed by atoms with Gasteiger partial charge < -0.3 is 18.9 Å². The van der Waals surface area contributed by atoms with E-state index in [1.807, 2.05) is 13.8 Å². The van der Waals surface area contributed by atoms with Gasteiger partial charge in [0.25, 0.3) is 0 Å². The Balaban J connectivity index is 1.79. The van der Waals surface area contributed by atoms with Gasteiger partial charge in [-0.3, -0.25) is 9.47 Å². The van der Waals surface area contributed by atoms with Crippen LogP contribution >= 0.6 is 0 Å². The van der Waals surface area contributed by atoms with Crippen LogP contribution in [0.5, 0.6) is 0 Å². The molecule has 0 atom stereocenters. The minimum Gasteiger partial charge on any atom is -0.321 e. The molecule has 2 rings (SSSR count). The van der Waals surface area contributed by atoms with E-state index >= 15 is 0 Å². The lowest BCUT2D eigenvalue weighted by Gasteiger charge is -2.48. The quantitative estimate of drug-likeness (QED) is 0.606. The summed E-state index contributed by atoms with van der Waals surface area (Å²) in [5.41, 5.74) is 0. The van der Waals surface area contributed by atoms with Gasteiger partial charge in [-0.1, -0.05) is 0 Å². The van der Waals surface area contributed by atoms with Crippen LogP contribution in [0.25, 0.3) is 0 Å². The van der Waals surface area contributed by atoms with E-state index in [4.69, 9.17) is 28.4 Å². The summed E-state index contributed by atoms with van der Waals surface area (Å²) in [5.74, 6) is 0. The molecule has 0 radical (unpaired) electrons. The molecule has 0 saturated carbocycles. The van der Waals surface area contributed by atoms with Gasteiger partial charge in [0.2, 0.25) is 12.6 Å². The van der Waals surface area contributed by atoms with E-state index < -0.39 is 18.7 Å². The second kappa shape index (κ2) is 4.09. The molecule has 2 fully saturated rings. The average molecular weight is 206 g/mol. The van der Waals surface area contributed by atoms with Crippen LogP contribution in [-0.2, 0) is 28.4 Å². The number of hydrogen-bond acceptors (Lipinski definition) is 6. The van der Waals surface area contributed by atoms with Gasteiger partial charge in [0.1, 0.15) is 0 Å². The minimum atomic E-state index is -1.35. The second-order valence-corrected chi connectivity index (χ2v) is 2.79. The summed E-state index contributed by atoms with van der Waals surface area (Å²) < 4.78 is 30.9. The van der Waals surface area contributed by atoms with Crippen molar-refractivity contribution in [2.24, 2.45) is 0 Å². The molecule has 2 aliphatic heterocycles. The zero-order chi connectivity index (χ0) is 10.0. The summed E-state index contributed by atoms with van der Waals surface area (Å²) in [6, 6.07) is 0. The average Bonchev–Trinajstić information content (AvgIpc) is 1.99. The standard InChI is InChI=1S/C8H14O6/c1-3-11-8(12-4-2)13-7(14-8)6-9-5-10-6/h6-7H,3-5H2,1-2H3. The molecule has 6 nitrogen and oxygen atoms in total. The van der Waals surface area contributed by atoms with Crippen molar-refractivity contribution >= 4 is 0 Å². The third-order valence-electron chi connectivity index (χ3n) is 1.85. The summed E-state index contributed by atoms with van der Waals surface area (Å²) in [4.78, 5) is 0. The van der Waals surface area contributed by atoms with Crippen molar-refractivity contribution < 1.29 is 28.4 Å². The lowest BCUT2D eigenvalue weighted by molar-refractivity contribution is -0.650. The predicted octanol–water partition coefficient (Wildman–Crippen LogP) is 0.374. The molecule has 2 saturated heterocycles. The molecule has 82 valence electrons. The molecular formula is C8H14O6. The van der Waals surface area contributed by atoms with Crippen molar-refractivity contribution in [3.63, 3.8) is 0 Å². The fourth-order valence-corrected chi connectivity index (χ4v) is 1.24. The van der Waals surface area contributed by atoms with Gasteiger partial charge in [0.05, 0.1) is 13.2 Å². The smallest absolute Gasteiger partial charge is 0.321 e. The Kier molecular flexibility index (Phi) is 3.01. The highest BCUT2D eigenvalue weighted by Crippen LogP contribution is 2.36. The van der Waals surface area contributed by atoms with Gasteiger partial charge in [0.15, 0.2) is 6.79 Å². The first-order chi connectivity index (χ1) is 6.79. The lowest BCUT2D eigenvalue weighted by atomic mass is 10.5. The van der Waals surface area contributed by atoms with Crippen LogP contribution in [0.2, 0.25) is 0 Å². The molecule has 14 heavy (non-hydrogen) atoms. The van der Waals surface area contributed by atoms with Crippen molar-refractivity contribution in [2.75, 3.05) is 20.0 Å². The van der Waals surface area contributed by atoms with Crippen LogP contribution in [-0.4, -0.2) is 38.7 Å². The minimum absolute atomic E-state index is 0.282. The Labute approximate surface area is 82.0 Å². The lowest BCUT2D eigenvalue weighted by Crippen LogP contribution is -2.63. The van der Waals surface area contributed by atoms with Gasteiger partial charge >= 0.3 is 6.16 Å². The van der Waals surface area contributed by atoms with Crippen LogP contribution in [0.1, 0.15) is 13.8 Å². The van der Waals surface area contributed by atoms with Crippen molar-refractivity contribution in [2.45, 2.75) is 32.6 Å². The van der Waals surface area contributed by atoms with E-state index in [-0.39, 0.29) is 6.79 Å². The molecular weight excluding hydrogens is 192 g/mol. The summed E-state index contributed by atoms with van der Waals surface area (Å²) in [7, 11) is 0. The van der Waals surface area contributed by atoms with E-state index in [1.54, 1.807) is 0 Å². The Hall–Kier alpha value is -0.240. The molecule has 0 unspecified atom stereocenters. The van der Waals surface area contributed by atoms with E-state index in [0.717, 1.165) is 0 Å². The molecule has 2 aliphatic rings. The maximum absolute atomic E-state index is 5.29. The fraction of sp³-hybridized carbons (Fsp3) is 1.00. The maximum Gasteiger partial charge on any atom is 0.417 e. The Morgan fingerprint density at radius 1 is 1.07 bits per heavy atom. The largest absolute Gasteiger partial charge is 0.417 e. The SMILES string of the molecule is CCOC1(OCC)OC(C2OCO2)O1. The molecule has 0 aromatic rings. The highest BCUT2D eigenvalue weighted by Gasteiger charge is 2.55. The van der Waals surface area contributed by atoms with Crippen molar-refractivity contribution in [1.82, 2.24) is 0 Å². The van der Waals surface area contributed by atoms with E-state index in [2.05, 4.69) is 0 Å². The van der Waals surface area contributed by atoms with Crippen molar-refractivity contribution in [3.8, 4) is 0 Å². The van der Waals surface area contributed by atoms with Gasteiger partial charge in [-0.2, -0.15) is 0 Å². The monoisotopic (exact) mass is 206 g/mol. The Morgan fingerprint density at radius 2 is 1.64 bits per heavy atom. The van der Waals surface area contributed by atoms with E-state index in [1.165, 1.54) is 0 Å². The summed E-state index contributed by atoms with van der Waals surface area (Å²) in [5, 5.41) is 0. The third-order valence-corrected chi connectivity index (χ3v) is 1.85. The molecule has 0 N–H and O–H groups in total. The molecule has 6 heteroatoms. The Morgan fingerprint density at radius 3 is 2.00 bits per heavy atom. The molecule has 0 aliphatic carbocycles. The van der Waals surface area contributed by atoms with Crippen LogP contribution in [0.15, 0.2) is 0 Å². The molecule has 0 spiro atoms. The first kappa shape index (κ1) is 10.3. The second-order valence-electron chi connectivity index (χ2n) is 2.79. The van der Waals surface area contributed by atoms with Gasteiger partial charge in [-0.25, -0.2) is 0 Å². The first-order valence-electron chi connectivity index (χ1n) is 4.66. The highest BCUT2D eigenvalue weighted by atomic mass is 17.1. The number of hydrogen-bond donors (Lipinski definition) is 0. The zero-order valence-corrected chi connectivity index (χ0v) is 8.23. The summed E-state index contributed by atoms with van der Waals surface area (Å²) >= 11 is 0. The van der Waals surface area contributed by atoms with Crippen molar-refractivity contribution in [3.05, 3.63) is 0 Å². The molecule has 2 heterocycles. The topological polar surface area (TPSA) is 55.4 Å². The summed E-state index contributed by atoms with van der Waals surface area (Å²) in [6.45, 7) is 4.83. The van der Waals surface area contributed by atoms with Gasteiger partial charge in [-0.15, -0.1) is 0 Å². The van der Waals surface area contributed by atoms with Crippen molar-refractivity contribution in [1.29, 1.82) is 0 Å². The third kappa shape index (κ3) is 1.77. The first-order valence-corrected chi connectivity index (χ1v) is 4.66. The molecule has 0 amide bonds. The molecule has 0 aromatic carbocycles. The van der Waals surface area contributed by atoms with Crippen LogP contribution in [0.4, 0.5) is 0 Å². The Bertz CT molecular complexity index is 178. The van der Waals surface area contributed by atoms with Crippen LogP contribution < -0.4 is 0 Å². The highest BCUT2D eigenvalue weighted by molar-refractivity contribution is 4.66. The van der Waals surface area contributed by atoms with E-state index in [9.17, 15) is 0 Å². The van der Waals surface area contributed by atoms with Gasteiger partial charge in [0, 0.05) is 0 Å². The van der Waals surface area contributed by atoms with Crippen LogP contribution in [0, 0.1) is 0 Å². The summed E-state index contributed by atoms with van der Waals surface area (Å²) in [6.07, 6.45) is -2.36. The molecule has 0 aromatic heterocycles. The van der Waals surface area contributed by atoms with Gasteiger partial charge in [-0.05, 0) is 13.8 Å². The number of ether oxygens (including phenoxy) is 6. The fourth-order valence-electron chi connectivity index (χ4n) is 1.24.